The van der Waals surface area contributed by atoms with Crippen LogP contribution in [0.25, 0.3) is 11.1 Å². The number of hydrogen-bond acceptors (Lipinski definition) is 4. The molecule has 204 valence electrons. The minimum atomic E-state index is -5.03. The Hall–Kier alpha value is -3.61. The van der Waals surface area contributed by atoms with Crippen LogP contribution in [-0.2, 0) is 6.18 Å². The number of fused-ring (bicyclic) bond motifs is 1. The Bertz CT molecular complexity index is 1290. The van der Waals surface area contributed by atoms with Crippen LogP contribution in [-0.4, -0.2) is 36.9 Å². The monoisotopic (exact) mass is 551 g/mol. The number of hydrogen-bond donors (Lipinski definition) is 1. The number of aliphatic hydroxyl groups is 1. The minimum absolute atomic E-state index is 0.00149. The molecule has 1 N–H and O–H groups in total. The predicted molar refractivity (Wildman–Crippen MR) is 118 cm³/mol. The third-order valence-corrected chi connectivity index (χ3v) is 5.79. The first-order valence-corrected chi connectivity index (χ1v) is 10.9. The molecular formula is C25H18F9NO3. The van der Waals surface area contributed by atoms with Gasteiger partial charge in [-0.15, -0.1) is 13.2 Å². The number of rotatable bonds is 5. The number of halogens is 9. The molecule has 0 radical (unpaired) electrons. The zero-order valence-electron chi connectivity index (χ0n) is 19.0. The van der Waals surface area contributed by atoms with Crippen molar-refractivity contribution < 1.29 is 54.1 Å². The average Bonchev–Trinajstić information content (AvgIpc) is 2.82. The van der Waals surface area contributed by atoms with Crippen molar-refractivity contribution in [2.45, 2.75) is 30.9 Å². The lowest BCUT2D eigenvalue weighted by Crippen LogP contribution is -2.46. The Morgan fingerprint density at radius 3 is 2.24 bits per heavy atom. The van der Waals surface area contributed by atoms with E-state index in [0.29, 0.717) is 0 Å². The molecule has 0 aliphatic carbocycles. The summed E-state index contributed by atoms with van der Waals surface area (Å²) in [5.74, 6) is -0.566. The molecule has 38 heavy (non-hydrogen) atoms. The maximum absolute atomic E-state index is 13.3. The van der Waals surface area contributed by atoms with E-state index >= 15 is 0 Å². The molecule has 0 saturated carbocycles. The van der Waals surface area contributed by atoms with E-state index in [1.165, 1.54) is 36.4 Å². The van der Waals surface area contributed by atoms with Gasteiger partial charge in [-0.25, -0.2) is 0 Å². The Labute approximate surface area is 209 Å². The van der Waals surface area contributed by atoms with E-state index in [4.69, 9.17) is 4.74 Å². The van der Waals surface area contributed by atoms with E-state index in [0.717, 1.165) is 35.2 Å². The van der Waals surface area contributed by atoms with Crippen LogP contribution in [0.4, 0.5) is 45.2 Å². The van der Waals surface area contributed by atoms with Gasteiger partial charge in [0.25, 0.3) is 0 Å². The van der Waals surface area contributed by atoms with E-state index in [2.05, 4.69) is 4.74 Å². The molecule has 1 aliphatic rings. The number of ether oxygens (including phenoxy) is 2. The quantitative estimate of drug-likeness (QED) is 0.343. The maximum Gasteiger partial charge on any atom is 0.573 e. The van der Waals surface area contributed by atoms with E-state index in [-0.39, 0.29) is 28.1 Å². The number of anilines is 1. The fraction of sp³-hybridized carbons (Fsp3) is 0.280. The van der Waals surface area contributed by atoms with Gasteiger partial charge in [0, 0.05) is 5.56 Å². The van der Waals surface area contributed by atoms with Crippen LogP contribution in [0, 0.1) is 0 Å². The Morgan fingerprint density at radius 2 is 1.58 bits per heavy atom. The summed E-state index contributed by atoms with van der Waals surface area (Å²) in [6.45, 7) is -1.45. The second kappa shape index (κ2) is 9.93. The fourth-order valence-corrected chi connectivity index (χ4v) is 4.12. The van der Waals surface area contributed by atoms with Crippen LogP contribution in [0.5, 0.6) is 11.5 Å². The zero-order valence-corrected chi connectivity index (χ0v) is 19.0. The lowest BCUT2D eigenvalue weighted by molar-refractivity contribution is -0.274. The Balaban J connectivity index is 1.79. The summed E-state index contributed by atoms with van der Waals surface area (Å²) >= 11 is 0. The molecule has 13 heteroatoms. The first-order chi connectivity index (χ1) is 17.6. The number of benzene rings is 3. The SMILES string of the molecule is OC(CN1c2cccc(-c3cccc(OC(F)(F)F)c3)c2OCC1c1cccc(C(F)(F)F)c1)C(F)(F)F. The van der Waals surface area contributed by atoms with Crippen molar-refractivity contribution in [3.63, 3.8) is 0 Å². The van der Waals surface area contributed by atoms with Gasteiger partial charge in [0.15, 0.2) is 11.9 Å². The van der Waals surface area contributed by atoms with Gasteiger partial charge in [-0.2, -0.15) is 26.3 Å². The second-order valence-corrected chi connectivity index (χ2v) is 8.39. The third kappa shape index (κ3) is 6.09. The lowest BCUT2D eigenvalue weighted by Gasteiger charge is -2.41. The number of para-hydroxylation sites is 1. The highest BCUT2D eigenvalue weighted by Gasteiger charge is 2.42. The van der Waals surface area contributed by atoms with Crippen LogP contribution in [0.15, 0.2) is 66.7 Å². The molecule has 1 aliphatic heterocycles. The second-order valence-electron chi connectivity index (χ2n) is 8.39. The number of nitrogens with zero attached hydrogens (tertiary/aromatic N) is 1. The summed E-state index contributed by atoms with van der Waals surface area (Å²) in [6, 6.07) is 11.9. The highest BCUT2D eigenvalue weighted by molar-refractivity contribution is 5.80. The number of alkyl halides is 9. The average molecular weight is 551 g/mol. The van der Waals surface area contributed by atoms with E-state index in [1.807, 2.05) is 0 Å². The van der Waals surface area contributed by atoms with Crippen molar-refractivity contribution in [3.05, 3.63) is 77.9 Å². The van der Waals surface area contributed by atoms with Crippen molar-refractivity contribution in [2.24, 2.45) is 0 Å². The molecule has 0 fully saturated rings. The van der Waals surface area contributed by atoms with Crippen LogP contribution < -0.4 is 14.4 Å². The van der Waals surface area contributed by atoms with Gasteiger partial charge in [-0.1, -0.05) is 36.4 Å². The first-order valence-electron chi connectivity index (χ1n) is 10.9. The van der Waals surface area contributed by atoms with E-state index in [9.17, 15) is 44.6 Å². The molecule has 3 aromatic carbocycles. The standard InChI is InChI=1S/C25H18F9NO3/c26-23(27,28)16-6-1-5-15(10-16)20-13-37-22-18(14-4-2-7-17(11-14)38-25(32,33)34)8-3-9-19(22)35(20)12-21(36)24(29,30)31/h1-11,20-21,36H,12-13H2. The summed E-state index contributed by atoms with van der Waals surface area (Å²) in [5, 5.41) is 9.83. The van der Waals surface area contributed by atoms with Gasteiger partial charge in [-0.05, 0) is 41.5 Å². The molecule has 0 spiro atoms. The predicted octanol–water partition coefficient (Wildman–Crippen LogP) is 7.13. The Kier molecular flexibility index (Phi) is 7.17. The summed E-state index contributed by atoms with van der Waals surface area (Å²) in [5.41, 5.74) is -0.652. The molecule has 4 rings (SSSR count). The maximum atomic E-state index is 13.3. The third-order valence-electron chi connectivity index (χ3n) is 5.79. The molecule has 1 heterocycles. The van der Waals surface area contributed by atoms with Gasteiger partial charge in [0.05, 0.1) is 23.8 Å². The van der Waals surface area contributed by atoms with Gasteiger partial charge in [0.1, 0.15) is 12.4 Å². The smallest absolute Gasteiger partial charge is 0.488 e. The zero-order chi connectivity index (χ0) is 27.9. The molecule has 2 atom stereocenters. The van der Waals surface area contributed by atoms with Crippen molar-refractivity contribution in [1.82, 2.24) is 0 Å². The van der Waals surface area contributed by atoms with Crippen molar-refractivity contribution >= 4 is 5.69 Å². The van der Waals surface area contributed by atoms with Crippen LogP contribution in [0.2, 0.25) is 0 Å². The summed E-state index contributed by atoms with van der Waals surface area (Å²) in [7, 11) is 0. The Morgan fingerprint density at radius 1 is 0.895 bits per heavy atom. The van der Waals surface area contributed by atoms with Gasteiger partial charge in [-0.3, -0.25) is 0 Å². The topological polar surface area (TPSA) is 41.9 Å². The first kappa shape index (κ1) is 27.4. The molecule has 0 saturated heterocycles. The highest BCUT2D eigenvalue weighted by atomic mass is 19.4. The number of aliphatic hydroxyl groups excluding tert-OH is 1. The van der Waals surface area contributed by atoms with E-state index < -0.39 is 55.3 Å². The molecule has 0 bridgehead atoms. The van der Waals surface area contributed by atoms with E-state index in [1.54, 1.807) is 0 Å². The summed E-state index contributed by atoms with van der Waals surface area (Å²) in [6.07, 6.45) is -17.6. The summed E-state index contributed by atoms with van der Waals surface area (Å²) in [4.78, 5) is 1.08. The fourth-order valence-electron chi connectivity index (χ4n) is 4.12. The molecular weight excluding hydrogens is 533 g/mol. The molecule has 0 aromatic heterocycles. The molecule has 0 amide bonds. The molecule has 4 nitrogen and oxygen atoms in total. The van der Waals surface area contributed by atoms with Gasteiger partial charge >= 0.3 is 18.7 Å². The highest BCUT2D eigenvalue weighted by Crippen LogP contribution is 2.46. The van der Waals surface area contributed by atoms with Crippen molar-refractivity contribution in [3.8, 4) is 22.6 Å². The normalized spacial score (nSPS) is 17.0. The van der Waals surface area contributed by atoms with Crippen LogP contribution in [0.1, 0.15) is 17.2 Å². The van der Waals surface area contributed by atoms with Gasteiger partial charge in [0.2, 0.25) is 0 Å². The van der Waals surface area contributed by atoms with Crippen LogP contribution in [0.3, 0.4) is 0 Å². The van der Waals surface area contributed by atoms with Gasteiger partial charge < -0.3 is 19.5 Å². The van der Waals surface area contributed by atoms with Crippen molar-refractivity contribution in [1.29, 1.82) is 0 Å². The lowest BCUT2D eigenvalue weighted by atomic mass is 9.97. The van der Waals surface area contributed by atoms with Crippen molar-refractivity contribution in [2.75, 3.05) is 18.1 Å². The van der Waals surface area contributed by atoms with Crippen LogP contribution >= 0.6 is 0 Å². The largest absolute Gasteiger partial charge is 0.573 e. The molecule has 3 aromatic rings. The summed E-state index contributed by atoms with van der Waals surface area (Å²) < 4.78 is 128. The minimum Gasteiger partial charge on any atom is -0.488 e. The molecule has 2 unspecified atom stereocenters. The number of β-amino-alcohol motifs (C(OH)–C–C–N with tert-alkyl or cyclic N) is 1.